The van der Waals surface area contributed by atoms with Gasteiger partial charge in [0.15, 0.2) is 5.78 Å². The van der Waals surface area contributed by atoms with E-state index in [0.717, 1.165) is 39.6 Å². The number of aromatic nitrogens is 4. The molecule has 4 heterocycles. The second kappa shape index (κ2) is 9.87. The number of nitrogens with one attached hydrogen (secondary N) is 1. The Bertz CT molecular complexity index is 1750. The quantitative estimate of drug-likeness (QED) is 0.230. The van der Waals surface area contributed by atoms with Crippen LogP contribution in [0, 0.1) is 26.2 Å². The third kappa shape index (κ3) is 4.84. The highest BCUT2D eigenvalue weighted by Crippen LogP contribution is 2.59. The van der Waals surface area contributed by atoms with Crippen LogP contribution >= 0.6 is 15.9 Å². The van der Waals surface area contributed by atoms with Gasteiger partial charge in [0.1, 0.15) is 28.8 Å². The number of carbonyl (C=O) groups is 3. The first-order valence-corrected chi connectivity index (χ1v) is 14.4. The van der Waals surface area contributed by atoms with E-state index in [0.29, 0.717) is 28.2 Å². The van der Waals surface area contributed by atoms with Gasteiger partial charge in [0.2, 0.25) is 11.8 Å². The first kappa shape index (κ1) is 27.3. The first-order chi connectivity index (χ1) is 19.4. The van der Waals surface area contributed by atoms with Crippen LogP contribution in [-0.4, -0.2) is 54.1 Å². The van der Waals surface area contributed by atoms with Gasteiger partial charge in [0, 0.05) is 41.1 Å². The Morgan fingerprint density at radius 3 is 2.49 bits per heavy atom. The summed E-state index contributed by atoms with van der Waals surface area (Å²) < 4.78 is 2.48. The minimum atomic E-state index is -0.588. The molecule has 1 aliphatic heterocycles. The Morgan fingerprint density at radius 1 is 1.05 bits per heavy atom. The van der Waals surface area contributed by atoms with E-state index < -0.39 is 6.04 Å². The van der Waals surface area contributed by atoms with Crippen molar-refractivity contribution in [3.8, 4) is 11.1 Å². The molecule has 10 heteroatoms. The molecule has 1 aliphatic carbocycles. The monoisotopic (exact) mass is 614 g/mol. The molecule has 0 spiro atoms. The number of aryl methyl sites for hydroxylation is 3. The van der Waals surface area contributed by atoms with Gasteiger partial charge in [-0.2, -0.15) is 0 Å². The highest BCUT2D eigenvalue weighted by Gasteiger charge is 2.64. The van der Waals surface area contributed by atoms with Gasteiger partial charge in [-0.15, -0.1) is 0 Å². The van der Waals surface area contributed by atoms with Crippen molar-refractivity contribution in [2.24, 2.45) is 5.41 Å². The van der Waals surface area contributed by atoms with E-state index in [1.807, 2.05) is 49.6 Å². The maximum absolute atomic E-state index is 13.9. The Balaban J connectivity index is 1.32. The summed E-state index contributed by atoms with van der Waals surface area (Å²) >= 11 is 3.37. The fourth-order valence-corrected chi connectivity index (χ4v) is 6.50. The number of amides is 2. The molecule has 1 saturated heterocycles. The number of benzene rings is 1. The van der Waals surface area contributed by atoms with Crippen LogP contribution in [0.2, 0.25) is 0 Å². The SMILES string of the molecule is CC(=O)c1cn(CC(=O)N2C(C(=O)Nc3nc(Br)ccc3C)CC3(C)CC23)c2c(C)cc(-c3cnc(C)nc3)cc12. The molecule has 2 fully saturated rings. The van der Waals surface area contributed by atoms with Crippen molar-refractivity contribution in [3.05, 3.63) is 70.0 Å². The van der Waals surface area contributed by atoms with Gasteiger partial charge in [-0.25, -0.2) is 15.0 Å². The number of ketones is 1. The Kier molecular flexibility index (Phi) is 6.56. The molecule has 9 nitrogen and oxygen atoms in total. The topological polar surface area (TPSA) is 110 Å². The van der Waals surface area contributed by atoms with Gasteiger partial charge in [-0.3, -0.25) is 14.4 Å². The fraction of sp³-hybridized carbons (Fsp3) is 0.355. The lowest BCUT2D eigenvalue weighted by Crippen LogP contribution is -2.46. The number of pyridine rings is 1. The summed E-state index contributed by atoms with van der Waals surface area (Å²) in [6, 6.07) is 7.12. The molecule has 41 heavy (non-hydrogen) atoms. The summed E-state index contributed by atoms with van der Waals surface area (Å²) in [6.07, 6.45) is 6.79. The maximum atomic E-state index is 13.9. The van der Waals surface area contributed by atoms with E-state index in [2.05, 4.69) is 43.1 Å². The van der Waals surface area contributed by atoms with Crippen molar-refractivity contribution in [1.29, 1.82) is 0 Å². The van der Waals surface area contributed by atoms with Crippen LogP contribution in [0.3, 0.4) is 0 Å². The third-order valence-corrected chi connectivity index (χ3v) is 8.93. The highest BCUT2D eigenvalue weighted by molar-refractivity contribution is 9.10. The van der Waals surface area contributed by atoms with Gasteiger partial charge in [-0.1, -0.05) is 13.0 Å². The van der Waals surface area contributed by atoms with Gasteiger partial charge in [0.05, 0.1) is 5.52 Å². The zero-order valence-corrected chi connectivity index (χ0v) is 25.2. The predicted molar refractivity (Wildman–Crippen MR) is 160 cm³/mol. The van der Waals surface area contributed by atoms with E-state index >= 15 is 0 Å². The molecule has 2 aliphatic rings. The highest BCUT2D eigenvalue weighted by atomic mass is 79.9. The largest absolute Gasteiger partial charge is 0.337 e. The summed E-state index contributed by atoms with van der Waals surface area (Å²) in [5.74, 6) is 0.712. The standard InChI is InChI=1S/C31H31BrN6O3/c1-16-6-7-26(32)35-29(16)36-30(41)24-10-31(5)11-25(31)38(24)27(40)15-37-14-23(18(3)39)22-9-20(8-17(2)28(22)37)21-12-33-19(4)34-13-21/h6-9,12-14,24-25H,10-11,15H2,1-5H3,(H,35,36,41). The number of carbonyl (C=O) groups excluding carboxylic acids is 3. The molecule has 210 valence electrons. The Hall–Kier alpha value is -3.92. The number of likely N-dealkylation sites (tertiary alicyclic amines) is 1. The van der Waals surface area contributed by atoms with E-state index in [4.69, 9.17) is 0 Å². The second-order valence-corrected chi connectivity index (χ2v) is 12.4. The molecule has 6 rings (SSSR count). The number of Topliss-reactive ketones (excluding diaryl/α,β-unsaturated/α-hetero) is 1. The molecular weight excluding hydrogens is 584 g/mol. The average Bonchev–Trinajstić information content (AvgIpc) is 3.27. The van der Waals surface area contributed by atoms with Crippen LogP contribution in [0.4, 0.5) is 5.82 Å². The molecule has 0 radical (unpaired) electrons. The molecule has 1 N–H and O–H groups in total. The number of anilines is 1. The molecule has 4 aromatic rings. The summed E-state index contributed by atoms with van der Waals surface area (Å²) in [7, 11) is 0. The lowest BCUT2D eigenvalue weighted by Gasteiger charge is -2.27. The van der Waals surface area contributed by atoms with Crippen LogP contribution in [0.1, 0.15) is 54.0 Å². The summed E-state index contributed by atoms with van der Waals surface area (Å²) in [6.45, 7) is 9.39. The van der Waals surface area contributed by atoms with Crippen LogP contribution in [0.5, 0.6) is 0 Å². The summed E-state index contributed by atoms with van der Waals surface area (Å²) in [5, 5.41) is 3.73. The number of hydrogen-bond donors (Lipinski definition) is 1. The summed E-state index contributed by atoms with van der Waals surface area (Å²) in [5.41, 5.74) is 4.85. The molecule has 1 saturated carbocycles. The lowest BCUT2D eigenvalue weighted by atomic mass is 10.0. The molecule has 3 unspecified atom stereocenters. The first-order valence-electron chi connectivity index (χ1n) is 13.6. The van der Waals surface area contributed by atoms with E-state index in [-0.39, 0.29) is 35.6 Å². The predicted octanol–water partition coefficient (Wildman–Crippen LogP) is 5.40. The van der Waals surface area contributed by atoms with Crippen molar-refractivity contribution < 1.29 is 14.4 Å². The molecule has 2 amide bonds. The normalized spacial score (nSPS) is 21.2. The van der Waals surface area contributed by atoms with Crippen LogP contribution < -0.4 is 5.32 Å². The number of rotatable bonds is 6. The third-order valence-electron chi connectivity index (χ3n) is 8.49. The molecule has 3 aromatic heterocycles. The fourth-order valence-electron chi connectivity index (χ4n) is 6.19. The van der Waals surface area contributed by atoms with Crippen LogP contribution in [0.25, 0.3) is 22.0 Å². The van der Waals surface area contributed by atoms with E-state index in [1.165, 1.54) is 6.92 Å². The molecule has 0 bridgehead atoms. The second-order valence-electron chi connectivity index (χ2n) is 11.6. The van der Waals surface area contributed by atoms with Gasteiger partial charge in [0.25, 0.3) is 0 Å². The molecule has 3 atom stereocenters. The van der Waals surface area contributed by atoms with Gasteiger partial charge < -0.3 is 14.8 Å². The van der Waals surface area contributed by atoms with Crippen LogP contribution in [-0.2, 0) is 16.1 Å². The van der Waals surface area contributed by atoms with Crippen molar-refractivity contribution >= 4 is 50.2 Å². The number of fused-ring (bicyclic) bond motifs is 2. The zero-order valence-electron chi connectivity index (χ0n) is 23.7. The minimum Gasteiger partial charge on any atom is -0.337 e. The number of halogens is 1. The summed E-state index contributed by atoms with van der Waals surface area (Å²) in [4.78, 5) is 54.9. The molecule has 1 aromatic carbocycles. The Morgan fingerprint density at radius 2 is 1.78 bits per heavy atom. The van der Waals surface area contributed by atoms with Crippen LogP contribution in [0.15, 0.2) is 47.5 Å². The maximum Gasteiger partial charge on any atom is 0.248 e. The molecular formula is C31H31BrN6O3. The van der Waals surface area contributed by atoms with E-state index in [1.54, 1.807) is 23.5 Å². The van der Waals surface area contributed by atoms with E-state index in [9.17, 15) is 14.4 Å². The Labute approximate surface area is 246 Å². The van der Waals surface area contributed by atoms with Gasteiger partial charge >= 0.3 is 0 Å². The zero-order chi connectivity index (χ0) is 29.2. The number of nitrogens with zero attached hydrogens (tertiary/aromatic N) is 5. The van der Waals surface area contributed by atoms with Gasteiger partial charge in [-0.05, 0) is 96.8 Å². The average molecular weight is 616 g/mol. The van der Waals surface area contributed by atoms with Crippen molar-refractivity contribution in [2.45, 2.75) is 66.1 Å². The number of hydrogen-bond acceptors (Lipinski definition) is 6. The number of piperidine rings is 1. The minimum absolute atomic E-state index is 0.0191. The van der Waals surface area contributed by atoms with Crippen molar-refractivity contribution in [2.75, 3.05) is 5.32 Å². The van der Waals surface area contributed by atoms with Crippen molar-refractivity contribution in [1.82, 2.24) is 24.4 Å². The van der Waals surface area contributed by atoms with Crippen molar-refractivity contribution in [3.63, 3.8) is 0 Å². The lowest BCUT2D eigenvalue weighted by molar-refractivity contribution is -0.138. The smallest absolute Gasteiger partial charge is 0.248 e.